The molecule has 7 nitrogen and oxygen atoms in total. The van der Waals surface area contributed by atoms with E-state index in [1.807, 2.05) is 30.3 Å². The molecular weight excluding hydrogens is 280 g/mol. The lowest BCUT2D eigenvalue weighted by atomic mass is 10.2. The summed E-state index contributed by atoms with van der Waals surface area (Å²) < 4.78 is 1.34. The van der Waals surface area contributed by atoms with Crippen molar-refractivity contribution in [3.8, 4) is 6.07 Å². The van der Waals surface area contributed by atoms with Gasteiger partial charge in [0, 0.05) is 24.5 Å². The SMILES string of the molecule is N#Cc1cn(CC(=O)Nc2ccc(N3CCCC3)cc2)nn1. The number of nitrogens with zero attached hydrogens (tertiary/aromatic N) is 5. The highest BCUT2D eigenvalue weighted by Gasteiger charge is 2.12. The average Bonchev–Trinajstić information content (AvgIpc) is 3.19. The number of amides is 1. The molecule has 1 aromatic heterocycles. The molecule has 0 atom stereocenters. The van der Waals surface area contributed by atoms with Crippen LogP contribution in [0.4, 0.5) is 11.4 Å². The number of nitrogens with one attached hydrogen (secondary N) is 1. The molecule has 3 rings (SSSR count). The maximum absolute atomic E-state index is 11.9. The van der Waals surface area contributed by atoms with Crippen LogP contribution in [-0.2, 0) is 11.3 Å². The van der Waals surface area contributed by atoms with Gasteiger partial charge in [-0.25, -0.2) is 4.68 Å². The zero-order valence-electron chi connectivity index (χ0n) is 12.1. The predicted molar refractivity (Wildman–Crippen MR) is 81.3 cm³/mol. The number of aromatic nitrogens is 3. The zero-order valence-corrected chi connectivity index (χ0v) is 12.1. The van der Waals surface area contributed by atoms with E-state index in [0.717, 1.165) is 18.8 Å². The van der Waals surface area contributed by atoms with Crippen LogP contribution in [-0.4, -0.2) is 34.0 Å². The Morgan fingerprint density at radius 3 is 2.64 bits per heavy atom. The fourth-order valence-corrected chi connectivity index (χ4v) is 2.51. The van der Waals surface area contributed by atoms with Gasteiger partial charge in [0.15, 0.2) is 5.69 Å². The van der Waals surface area contributed by atoms with Crippen molar-refractivity contribution in [3.05, 3.63) is 36.2 Å². The number of carbonyl (C=O) groups excluding carboxylic acids is 1. The van der Waals surface area contributed by atoms with Crippen molar-refractivity contribution < 1.29 is 4.79 Å². The van der Waals surface area contributed by atoms with Crippen LogP contribution in [0.1, 0.15) is 18.5 Å². The third kappa shape index (κ3) is 3.23. The van der Waals surface area contributed by atoms with Gasteiger partial charge in [-0.1, -0.05) is 5.21 Å². The lowest BCUT2D eigenvalue weighted by Crippen LogP contribution is -2.20. The van der Waals surface area contributed by atoms with E-state index in [1.54, 1.807) is 0 Å². The maximum Gasteiger partial charge on any atom is 0.246 e. The largest absolute Gasteiger partial charge is 0.372 e. The van der Waals surface area contributed by atoms with Crippen molar-refractivity contribution in [2.24, 2.45) is 0 Å². The van der Waals surface area contributed by atoms with Gasteiger partial charge < -0.3 is 10.2 Å². The standard InChI is InChI=1S/C15H16N6O/c16-9-13-10-21(19-18-13)11-15(22)17-12-3-5-14(6-4-12)20-7-1-2-8-20/h3-6,10H,1-2,7-8,11H2,(H,17,22). The third-order valence-corrected chi connectivity index (χ3v) is 3.58. The first kappa shape index (κ1) is 14.1. The summed E-state index contributed by atoms with van der Waals surface area (Å²) in [6.45, 7) is 2.22. The molecule has 0 spiro atoms. The number of hydrogen-bond donors (Lipinski definition) is 1. The second-order valence-electron chi connectivity index (χ2n) is 5.20. The summed E-state index contributed by atoms with van der Waals surface area (Å²) in [5.41, 5.74) is 2.13. The Kier molecular flexibility index (Phi) is 4.01. The average molecular weight is 296 g/mol. The molecule has 1 amide bonds. The first-order valence-electron chi connectivity index (χ1n) is 7.20. The van der Waals surface area contributed by atoms with Gasteiger partial charge in [0.2, 0.25) is 5.91 Å². The topological polar surface area (TPSA) is 86.8 Å². The van der Waals surface area contributed by atoms with E-state index in [1.165, 1.54) is 29.4 Å². The summed E-state index contributed by atoms with van der Waals surface area (Å²) in [5, 5.41) is 18.8. The Hall–Kier alpha value is -2.88. The highest BCUT2D eigenvalue weighted by Crippen LogP contribution is 2.21. The van der Waals surface area contributed by atoms with Gasteiger partial charge in [-0.15, -0.1) is 5.10 Å². The zero-order chi connectivity index (χ0) is 15.4. The molecular formula is C15H16N6O. The normalized spacial score (nSPS) is 13.9. The molecule has 22 heavy (non-hydrogen) atoms. The second-order valence-corrected chi connectivity index (χ2v) is 5.20. The summed E-state index contributed by atoms with van der Waals surface area (Å²) in [6.07, 6.45) is 3.91. The molecule has 0 unspecified atom stereocenters. The summed E-state index contributed by atoms with van der Waals surface area (Å²) >= 11 is 0. The maximum atomic E-state index is 11.9. The molecule has 1 aliphatic heterocycles. The van der Waals surface area contributed by atoms with E-state index in [9.17, 15) is 4.79 Å². The highest BCUT2D eigenvalue weighted by atomic mass is 16.2. The van der Waals surface area contributed by atoms with Crippen LogP contribution < -0.4 is 10.2 Å². The van der Waals surface area contributed by atoms with Gasteiger partial charge in [0.25, 0.3) is 0 Å². The van der Waals surface area contributed by atoms with Gasteiger partial charge in [-0.3, -0.25) is 4.79 Å². The number of nitriles is 1. The third-order valence-electron chi connectivity index (χ3n) is 3.58. The highest BCUT2D eigenvalue weighted by molar-refractivity contribution is 5.90. The molecule has 1 aromatic carbocycles. The van der Waals surface area contributed by atoms with Crippen LogP contribution in [0, 0.1) is 11.3 Å². The Morgan fingerprint density at radius 1 is 1.27 bits per heavy atom. The summed E-state index contributed by atoms with van der Waals surface area (Å²) in [7, 11) is 0. The van der Waals surface area contributed by atoms with E-state index in [-0.39, 0.29) is 18.1 Å². The first-order chi connectivity index (χ1) is 10.7. The van der Waals surface area contributed by atoms with E-state index < -0.39 is 0 Å². The van der Waals surface area contributed by atoms with Crippen LogP contribution in [0.25, 0.3) is 0 Å². The van der Waals surface area contributed by atoms with E-state index in [2.05, 4.69) is 20.5 Å². The molecule has 0 aliphatic carbocycles. The quantitative estimate of drug-likeness (QED) is 0.921. The smallest absolute Gasteiger partial charge is 0.246 e. The predicted octanol–water partition coefficient (Wildman–Crippen LogP) is 1.39. The second kappa shape index (κ2) is 6.26. The van der Waals surface area contributed by atoms with Gasteiger partial charge in [-0.05, 0) is 37.1 Å². The van der Waals surface area contributed by atoms with Gasteiger partial charge in [0.05, 0.1) is 6.20 Å². The molecule has 1 saturated heterocycles. The molecule has 0 saturated carbocycles. The summed E-state index contributed by atoms with van der Waals surface area (Å²) in [5.74, 6) is -0.205. The molecule has 1 N–H and O–H groups in total. The van der Waals surface area contributed by atoms with Crippen LogP contribution in [0.3, 0.4) is 0 Å². The van der Waals surface area contributed by atoms with Crippen LogP contribution in [0.15, 0.2) is 30.5 Å². The minimum atomic E-state index is -0.205. The number of carbonyl (C=O) groups is 1. The molecule has 7 heteroatoms. The fraction of sp³-hybridized carbons (Fsp3) is 0.333. The molecule has 2 heterocycles. The Morgan fingerprint density at radius 2 is 2.00 bits per heavy atom. The van der Waals surface area contributed by atoms with Crippen molar-refractivity contribution in [2.75, 3.05) is 23.3 Å². The van der Waals surface area contributed by atoms with Crippen molar-refractivity contribution in [1.82, 2.24) is 15.0 Å². The van der Waals surface area contributed by atoms with E-state index in [0.29, 0.717) is 0 Å². The van der Waals surface area contributed by atoms with Gasteiger partial charge in [0.1, 0.15) is 12.6 Å². The number of rotatable bonds is 4. The Labute approximate surface area is 128 Å². The molecule has 0 bridgehead atoms. The molecule has 0 radical (unpaired) electrons. The van der Waals surface area contributed by atoms with Crippen molar-refractivity contribution in [2.45, 2.75) is 19.4 Å². The Bertz CT molecular complexity index is 694. The molecule has 2 aromatic rings. The van der Waals surface area contributed by atoms with Crippen molar-refractivity contribution >= 4 is 17.3 Å². The van der Waals surface area contributed by atoms with Crippen LogP contribution >= 0.6 is 0 Å². The monoisotopic (exact) mass is 296 g/mol. The lowest BCUT2D eigenvalue weighted by Gasteiger charge is -2.17. The molecule has 1 aliphatic rings. The van der Waals surface area contributed by atoms with Crippen molar-refractivity contribution in [1.29, 1.82) is 5.26 Å². The van der Waals surface area contributed by atoms with Crippen molar-refractivity contribution in [3.63, 3.8) is 0 Å². The Balaban J connectivity index is 1.58. The summed E-state index contributed by atoms with van der Waals surface area (Å²) in [4.78, 5) is 14.3. The van der Waals surface area contributed by atoms with Gasteiger partial charge >= 0.3 is 0 Å². The van der Waals surface area contributed by atoms with Crippen LogP contribution in [0.5, 0.6) is 0 Å². The summed E-state index contributed by atoms with van der Waals surface area (Å²) in [6, 6.07) is 9.70. The minimum absolute atomic E-state index is 0.0303. The first-order valence-corrected chi connectivity index (χ1v) is 7.20. The molecule has 1 fully saturated rings. The fourth-order valence-electron chi connectivity index (χ4n) is 2.51. The number of hydrogen-bond acceptors (Lipinski definition) is 5. The lowest BCUT2D eigenvalue weighted by molar-refractivity contribution is -0.116. The van der Waals surface area contributed by atoms with E-state index in [4.69, 9.17) is 5.26 Å². The number of benzene rings is 1. The van der Waals surface area contributed by atoms with Gasteiger partial charge in [-0.2, -0.15) is 5.26 Å². The minimum Gasteiger partial charge on any atom is -0.372 e. The van der Waals surface area contributed by atoms with Crippen LogP contribution in [0.2, 0.25) is 0 Å². The van der Waals surface area contributed by atoms with E-state index >= 15 is 0 Å². The molecule has 112 valence electrons. The number of anilines is 2.